The maximum absolute atomic E-state index is 5.70. The van der Waals surface area contributed by atoms with Gasteiger partial charge in [0.1, 0.15) is 12.4 Å². The van der Waals surface area contributed by atoms with Gasteiger partial charge in [-0.25, -0.2) is 4.98 Å². The molecular weight excluding hydrogens is 282 g/mol. The SMILES string of the molecule is Brc1cncc(OCc2cncn2C2CC2)c1. The molecule has 4 nitrogen and oxygen atoms in total. The van der Waals surface area contributed by atoms with Gasteiger partial charge in [-0.3, -0.25) is 4.98 Å². The van der Waals surface area contributed by atoms with Crippen LogP contribution in [0.15, 0.2) is 35.5 Å². The summed E-state index contributed by atoms with van der Waals surface area (Å²) >= 11 is 3.37. The van der Waals surface area contributed by atoms with Gasteiger partial charge in [-0.2, -0.15) is 0 Å². The summed E-state index contributed by atoms with van der Waals surface area (Å²) < 4.78 is 8.82. The lowest BCUT2D eigenvalue weighted by Crippen LogP contribution is -2.03. The van der Waals surface area contributed by atoms with Gasteiger partial charge in [-0.1, -0.05) is 0 Å². The first-order valence-electron chi connectivity index (χ1n) is 5.57. The molecule has 1 fully saturated rings. The average molecular weight is 294 g/mol. The van der Waals surface area contributed by atoms with E-state index in [-0.39, 0.29) is 0 Å². The molecule has 0 spiro atoms. The second-order valence-corrected chi connectivity index (χ2v) is 5.07. The van der Waals surface area contributed by atoms with Crippen LogP contribution in [-0.2, 0) is 6.61 Å². The van der Waals surface area contributed by atoms with E-state index < -0.39 is 0 Å². The van der Waals surface area contributed by atoms with Gasteiger partial charge in [0.15, 0.2) is 0 Å². The highest BCUT2D eigenvalue weighted by molar-refractivity contribution is 9.10. The number of rotatable bonds is 4. The molecule has 0 aromatic carbocycles. The van der Waals surface area contributed by atoms with Gasteiger partial charge in [0.25, 0.3) is 0 Å². The third kappa shape index (κ3) is 2.49. The molecular formula is C12H12BrN3O. The summed E-state index contributed by atoms with van der Waals surface area (Å²) in [5.74, 6) is 0.767. The highest BCUT2D eigenvalue weighted by atomic mass is 79.9. The molecule has 88 valence electrons. The van der Waals surface area contributed by atoms with Crippen LogP contribution in [0.3, 0.4) is 0 Å². The zero-order valence-electron chi connectivity index (χ0n) is 9.21. The van der Waals surface area contributed by atoms with Gasteiger partial charge in [-0.15, -0.1) is 0 Å². The van der Waals surface area contributed by atoms with E-state index in [0.29, 0.717) is 12.6 Å². The summed E-state index contributed by atoms with van der Waals surface area (Å²) in [6.45, 7) is 0.536. The van der Waals surface area contributed by atoms with Crippen LogP contribution in [0.5, 0.6) is 5.75 Å². The fraction of sp³-hybridized carbons (Fsp3) is 0.333. The summed E-state index contributed by atoms with van der Waals surface area (Å²) in [6.07, 6.45) is 9.70. The summed E-state index contributed by atoms with van der Waals surface area (Å²) in [5.41, 5.74) is 1.12. The predicted octanol–water partition coefficient (Wildman–Crippen LogP) is 2.95. The van der Waals surface area contributed by atoms with E-state index in [1.165, 1.54) is 12.8 Å². The average Bonchev–Trinajstić information content (AvgIpc) is 3.06. The predicted molar refractivity (Wildman–Crippen MR) is 66.8 cm³/mol. The lowest BCUT2D eigenvalue weighted by Gasteiger charge is -2.08. The summed E-state index contributed by atoms with van der Waals surface area (Å²) in [6, 6.07) is 2.54. The zero-order chi connectivity index (χ0) is 11.7. The monoisotopic (exact) mass is 293 g/mol. The molecule has 0 bridgehead atoms. The number of halogens is 1. The molecule has 5 heteroatoms. The second kappa shape index (κ2) is 4.49. The Morgan fingerprint density at radius 2 is 2.18 bits per heavy atom. The van der Waals surface area contributed by atoms with Gasteiger partial charge in [0, 0.05) is 16.7 Å². The zero-order valence-corrected chi connectivity index (χ0v) is 10.8. The lowest BCUT2D eigenvalue weighted by atomic mass is 10.4. The molecule has 0 radical (unpaired) electrons. The van der Waals surface area contributed by atoms with Crippen molar-refractivity contribution in [2.75, 3.05) is 0 Å². The summed E-state index contributed by atoms with van der Waals surface area (Å²) in [4.78, 5) is 8.23. The number of pyridine rings is 1. The molecule has 2 aromatic heterocycles. The fourth-order valence-corrected chi connectivity index (χ4v) is 2.10. The highest BCUT2D eigenvalue weighted by Crippen LogP contribution is 2.35. The Labute approximate surface area is 108 Å². The van der Waals surface area contributed by atoms with Crippen molar-refractivity contribution < 1.29 is 4.74 Å². The Kier molecular flexibility index (Phi) is 2.84. The fourth-order valence-electron chi connectivity index (χ4n) is 1.75. The molecule has 1 aliphatic carbocycles. The van der Waals surface area contributed by atoms with Crippen LogP contribution in [0.4, 0.5) is 0 Å². The number of ether oxygens (including phenoxy) is 1. The van der Waals surface area contributed by atoms with Crippen LogP contribution in [0.2, 0.25) is 0 Å². The van der Waals surface area contributed by atoms with Crippen molar-refractivity contribution in [2.45, 2.75) is 25.5 Å². The molecule has 3 rings (SSSR count). The highest BCUT2D eigenvalue weighted by Gasteiger charge is 2.25. The van der Waals surface area contributed by atoms with Crippen molar-refractivity contribution in [3.8, 4) is 5.75 Å². The van der Waals surface area contributed by atoms with Crippen LogP contribution < -0.4 is 4.74 Å². The molecule has 2 heterocycles. The van der Waals surface area contributed by atoms with E-state index in [1.54, 1.807) is 12.4 Å². The Balaban J connectivity index is 1.69. The van der Waals surface area contributed by atoms with E-state index in [4.69, 9.17) is 4.74 Å². The molecule has 1 saturated carbocycles. The van der Waals surface area contributed by atoms with Crippen LogP contribution in [0.25, 0.3) is 0 Å². The van der Waals surface area contributed by atoms with E-state index in [0.717, 1.165) is 15.9 Å². The Bertz CT molecular complexity index is 522. The standard InChI is InChI=1S/C12H12BrN3O/c13-9-3-12(6-14-4-9)17-7-11-5-15-8-16(11)10-1-2-10/h3-6,8,10H,1-2,7H2. The minimum absolute atomic E-state index is 0.536. The molecule has 0 N–H and O–H groups in total. The van der Waals surface area contributed by atoms with E-state index in [9.17, 15) is 0 Å². The molecule has 0 saturated heterocycles. The number of imidazole rings is 1. The van der Waals surface area contributed by atoms with Gasteiger partial charge in [0.2, 0.25) is 0 Å². The third-order valence-corrected chi connectivity index (χ3v) is 3.19. The second-order valence-electron chi connectivity index (χ2n) is 4.15. The van der Waals surface area contributed by atoms with Gasteiger partial charge in [0.05, 0.1) is 24.4 Å². The summed E-state index contributed by atoms with van der Waals surface area (Å²) in [7, 11) is 0. The van der Waals surface area contributed by atoms with Crippen LogP contribution >= 0.6 is 15.9 Å². The van der Waals surface area contributed by atoms with Crippen molar-refractivity contribution in [3.63, 3.8) is 0 Å². The van der Waals surface area contributed by atoms with E-state index >= 15 is 0 Å². The summed E-state index contributed by atoms with van der Waals surface area (Å²) in [5, 5.41) is 0. The third-order valence-electron chi connectivity index (χ3n) is 2.75. The lowest BCUT2D eigenvalue weighted by molar-refractivity contribution is 0.293. The molecule has 0 aliphatic heterocycles. The molecule has 0 unspecified atom stereocenters. The maximum atomic E-state index is 5.70. The van der Waals surface area contributed by atoms with Crippen molar-refractivity contribution in [3.05, 3.63) is 41.2 Å². The Hall–Kier alpha value is -1.36. The van der Waals surface area contributed by atoms with E-state index in [1.807, 2.05) is 18.6 Å². The van der Waals surface area contributed by atoms with Crippen LogP contribution in [0, 0.1) is 0 Å². The van der Waals surface area contributed by atoms with E-state index in [2.05, 4.69) is 30.5 Å². The first-order chi connectivity index (χ1) is 8.33. The van der Waals surface area contributed by atoms with Crippen molar-refractivity contribution in [2.24, 2.45) is 0 Å². The molecule has 1 aliphatic rings. The first kappa shape index (κ1) is 10.8. The first-order valence-corrected chi connectivity index (χ1v) is 6.36. The van der Waals surface area contributed by atoms with Crippen LogP contribution in [-0.4, -0.2) is 14.5 Å². The number of nitrogens with zero attached hydrogens (tertiary/aromatic N) is 3. The van der Waals surface area contributed by atoms with Crippen molar-refractivity contribution in [1.82, 2.24) is 14.5 Å². The Morgan fingerprint density at radius 3 is 2.94 bits per heavy atom. The number of aromatic nitrogens is 3. The quantitative estimate of drug-likeness (QED) is 0.870. The number of hydrogen-bond donors (Lipinski definition) is 0. The van der Waals surface area contributed by atoms with Crippen molar-refractivity contribution in [1.29, 1.82) is 0 Å². The minimum atomic E-state index is 0.536. The van der Waals surface area contributed by atoms with Crippen LogP contribution in [0.1, 0.15) is 24.6 Å². The van der Waals surface area contributed by atoms with Crippen molar-refractivity contribution >= 4 is 15.9 Å². The topological polar surface area (TPSA) is 39.9 Å². The molecule has 2 aromatic rings. The molecule has 0 atom stereocenters. The number of hydrogen-bond acceptors (Lipinski definition) is 3. The maximum Gasteiger partial charge on any atom is 0.139 e. The normalized spacial score (nSPS) is 14.9. The Morgan fingerprint density at radius 1 is 1.29 bits per heavy atom. The van der Waals surface area contributed by atoms with Gasteiger partial charge in [-0.05, 0) is 34.8 Å². The van der Waals surface area contributed by atoms with Gasteiger partial charge < -0.3 is 9.30 Å². The largest absolute Gasteiger partial charge is 0.486 e. The molecule has 0 amide bonds. The smallest absolute Gasteiger partial charge is 0.139 e. The van der Waals surface area contributed by atoms with Gasteiger partial charge >= 0.3 is 0 Å². The minimum Gasteiger partial charge on any atom is -0.486 e. The molecule has 17 heavy (non-hydrogen) atoms.